The van der Waals surface area contributed by atoms with Gasteiger partial charge >= 0.3 is 6.18 Å². The van der Waals surface area contributed by atoms with Crippen LogP contribution in [0.2, 0.25) is 0 Å². The Bertz CT molecular complexity index is 1150. The first-order chi connectivity index (χ1) is 16.2. The monoisotopic (exact) mass is 508 g/mol. The van der Waals surface area contributed by atoms with Crippen molar-refractivity contribution < 1.29 is 43.9 Å². The van der Waals surface area contributed by atoms with E-state index in [2.05, 4.69) is 0 Å². The third-order valence-corrected chi connectivity index (χ3v) is 5.77. The molecule has 1 aliphatic rings. The van der Waals surface area contributed by atoms with E-state index in [0.29, 0.717) is 43.0 Å². The van der Waals surface area contributed by atoms with Gasteiger partial charge in [0, 0.05) is 18.3 Å². The number of hydrogen-bond acceptors (Lipinski definition) is 0. The van der Waals surface area contributed by atoms with Crippen LogP contribution in [0, 0.1) is 41.0 Å². The number of rotatable bonds is 5. The van der Waals surface area contributed by atoms with Crippen LogP contribution >= 0.6 is 0 Å². The van der Waals surface area contributed by atoms with Gasteiger partial charge in [0.05, 0.1) is 11.1 Å². The van der Waals surface area contributed by atoms with Gasteiger partial charge in [0.2, 0.25) is 0 Å². The fourth-order valence-electron chi connectivity index (χ4n) is 4.06. The fraction of sp³-hybridized carbons (Fsp3) is 0.360. The molecule has 0 heterocycles. The standard InChI is InChI=1S/C25H18F10/c1-2-13-3-4-16(18(26)7-13)15-10-21(29)23(22(30)11-15)24(31,32)12-14-8-19(27)17(20(28)9-14)5-6-25(33,34)35/h7-11,13,16H,2-4,12H2,1H3. The van der Waals surface area contributed by atoms with Gasteiger partial charge in [0.25, 0.3) is 5.92 Å². The van der Waals surface area contributed by atoms with Crippen molar-refractivity contribution in [3.05, 3.63) is 81.7 Å². The van der Waals surface area contributed by atoms with Gasteiger partial charge < -0.3 is 0 Å². The van der Waals surface area contributed by atoms with Gasteiger partial charge in [-0.3, -0.25) is 0 Å². The van der Waals surface area contributed by atoms with E-state index in [-0.39, 0.29) is 17.9 Å². The minimum Gasteiger partial charge on any atom is -0.211 e. The molecular formula is C25H18F10. The highest BCUT2D eigenvalue weighted by atomic mass is 19.4. The molecule has 0 saturated carbocycles. The molecule has 0 amide bonds. The SMILES string of the molecule is CCC1C=C(F)C(c2cc(F)c(C(F)(F)Cc3cc(F)c(C#CC(F)(F)F)c(F)c3)c(F)c2)CC1. The Morgan fingerprint density at radius 1 is 0.829 bits per heavy atom. The van der Waals surface area contributed by atoms with Gasteiger partial charge in [-0.05, 0) is 66.6 Å². The summed E-state index contributed by atoms with van der Waals surface area (Å²) in [6.45, 7) is 1.85. The summed E-state index contributed by atoms with van der Waals surface area (Å²) >= 11 is 0. The van der Waals surface area contributed by atoms with E-state index in [1.54, 1.807) is 0 Å². The lowest BCUT2D eigenvalue weighted by molar-refractivity contribution is -0.0696. The van der Waals surface area contributed by atoms with E-state index in [0.717, 1.165) is 0 Å². The molecule has 0 nitrogen and oxygen atoms in total. The summed E-state index contributed by atoms with van der Waals surface area (Å²) in [5.41, 5.74) is -3.89. The highest BCUT2D eigenvalue weighted by Gasteiger charge is 2.39. The molecule has 0 spiro atoms. The fourth-order valence-corrected chi connectivity index (χ4v) is 4.06. The molecule has 0 N–H and O–H groups in total. The van der Waals surface area contributed by atoms with Crippen molar-refractivity contribution in [2.24, 2.45) is 5.92 Å². The van der Waals surface area contributed by atoms with E-state index in [9.17, 15) is 43.9 Å². The molecule has 2 aromatic carbocycles. The molecule has 1 aliphatic carbocycles. The topological polar surface area (TPSA) is 0 Å². The van der Waals surface area contributed by atoms with Crippen LogP contribution in [-0.4, -0.2) is 6.18 Å². The summed E-state index contributed by atoms with van der Waals surface area (Å²) in [5.74, 6) is -10.6. The zero-order chi connectivity index (χ0) is 26.1. The zero-order valence-electron chi connectivity index (χ0n) is 18.1. The molecule has 10 heteroatoms. The van der Waals surface area contributed by atoms with Gasteiger partial charge in [0.15, 0.2) is 0 Å². The average Bonchev–Trinajstić information content (AvgIpc) is 2.70. The Labute approximate surface area is 194 Å². The van der Waals surface area contributed by atoms with Crippen molar-refractivity contribution in [3.63, 3.8) is 0 Å². The second-order valence-corrected chi connectivity index (χ2v) is 8.27. The molecule has 3 rings (SSSR count). The van der Waals surface area contributed by atoms with Crippen molar-refractivity contribution in [2.45, 2.75) is 50.6 Å². The van der Waals surface area contributed by atoms with Crippen LogP contribution < -0.4 is 0 Å². The van der Waals surface area contributed by atoms with Crippen molar-refractivity contribution in [3.8, 4) is 11.8 Å². The van der Waals surface area contributed by atoms with Gasteiger partial charge in [-0.1, -0.05) is 12.8 Å². The summed E-state index contributed by atoms with van der Waals surface area (Å²) in [4.78, 5) is 0. The van der Waals surface area contributed by atoms with Gasteiger partial charge in [-0.2, -0.15) is 13.2 Å². The third-order valence-electron chi connectivity index (χ3n) is 5.77. The summed E-state index contributed by atoms with van der Waals surface area (Å²) < 4.78 is 138. The van der Waals surface area contributed by atoms with Crippen molar-refractivity contribution in [2.75, 3.05) is 0 Å². The molecule has 2 unspecified atom stereocenters. The highest BCUT2D eigenvalue weighted by molar-refractivity contribution is 5.41. The number of hydrogen-bond donors (Lipinski definition) is 0. The number of allylic oxidation sites excluding steroid dienone is 2. The van der Waals surface area contributed by atoms with Crippen molar-refractivity contribution in [1.82, 2.24) is 0 Å². The lowest BCUT2D eigenvalue weighted by Crippen LogP contribution is -2.22. The third kappa shape index (κ3) is 6.19. The summed E-state index contributed by atoms with van der Waals surface area (Å²) in [5, 5.41) is 0. The molecule has 0 radical (unpaired) electrons. The van der Waals surface area contributed by atoms with Crippen LogP contribution in [-0.2, 0) is 12.3 Å². The van der Waals surface area contributed by atoms with E-state index in [1.807, 2.05) is 6.92 Å². The molecule has 0 fully saturated rings. The molecule has 2 atom stereocenters. The average molecular weight is 508 g/mol. The number of halogens is 10. The zero-order valence-corrected chi connectivity index (χ0v) is 18.1. The Morgan fingerprint density at radius 2 is 1.40 bits per heavy atom. The second kappa shape index (κ2) is 9.96. The van der Waals surface area contributed by atoms with Gasteiger partial charge in [0.1, 0.15) is 29.1 Å². The molecule has 0 aromatic heterocycles. The number of benzene rings is 2. The molecule has 0 saturated heterocycles. The Balaban J connectivity index is 1.91. The van der Waals surface area contributed by atoms with E-state index >= 15 is 0 Å². The van der Waals surface area contributed by atoms with Crippen LogP contribution in [0.15, 0.2) is 36.2 Å². The highest BCUT2D eigenvalue weighted by Crippen LogP contribution is 2.41. The molecule has 188 valence electrons. The quantitative estimate of drug-likeness (QED) is 0.282. The van der Waals surface area contributed by atoms with Crippen molar-refractivity contribution >= 4 is 0 Å². The second-order valence-electron chi connectivity index (χ2n) is 8.27. The maximum absolute atomic E-state index is 14.8. The lowest BCUT2D eigenvalue weighted by atomic mass is 9.82. The number of alkyl halides is 5. The van der Waals surface area contributed by atoms with Crippen LogP contribution in [0.3, 0.4) is 0 Å². The summed E-state index contributed by atoms with van der Waals surface area (Å²) in [7, 11) is 0. The Hall–Kier alpha value is -2.96. The predicted octanol–water partition coefficient (Wildman–Crippen LogP) is 8.25. The lowest BCUT2D eigenvalue weighted by Gasteiger charge is -2.25. The largest absolute Gasteiger partial charge is 0.458 e. The molecule has 2 aromatic rings. The predicted molar refractivity (Wildman–Crippen MR) is 108 cm³/mol. The first-order valence-corrected chi connectivity index (χ1v) is 10.5. The summed E-state index contributed by atoms with van der Waals surface area (Å²) in [6, 6.07) is 1.84. The van der Waals surface area contributed by atoms with E-state index < -0.39 is 70.2 Å². The van der Waals surface area contributed by atoms with E-state index in [4.69, 9.17) is 0 Å². The maximum Gasteiger partial charge on any atom is 0.458 e. The molecule has 0 bridgehead atoms. The van der Waals surface area contributed by atoms with Crippen LogP contribution in [0.5, 0.6) is 0 Å². The summed E-state index contributed by atoms with van der Waals surface area (Å²) in [6.07, 6.45) is -3.80. The van der Waals surface area contributed by atoms with Gasteiger partial charge in [-0.15, -0.1) is 0 Å². The van der Waals surface area contributed by atoms with Gasteiger partial charge in [-0.25, -0.2) is 30.7 Å². The molecule has 0 aliphatic heterocycles. The molecular weight excluding hydrogens is 490 g/mol. The minimum absolute atomic E-state index is 0.0313. The van der Waals surface area contributed by atoms with Crippen molar-refractivity contribution in [1.29, 1.82) is 0 Å². The van der Waals surface area contributed by atoms with Crippen LogP contribution in [0.1, 0.15) is 54.4 Å². The first kappa shape index (κ1) is 26.6. The normalized spacial score (nSPS) is 18.7. The maximum atomic E-state index is 14.8. The minimum atomic E-state index is -5.04. The van der Waals surface area contributed by atoms with Crippen LogP contribution in [0.25, 0.3) is 0 Å². The smallest absolute Gasteiger partial charge is 0.211 e. The van der Waals surface area contributed by atoms with E-state index in [1.165, 1.54) is 12.0 Å². The Morgan fingerprint density at radius 3 is 1.89 bits per heavy atom. The first-order valence-electron chi connectivity index (χ1n) is 10.5. The van der Waals surface area contributed by atoms with Crippen LogP contribution in [0.4, 0.5) is 43.9 Å². The molecule has 35 heavy (non-hydrogen) atoms. The Kier molecular flexibility index (Phi) is 7.58.